The zero-order chi connectivity index (χ0) is 19.8. The van der Waals surface area contributed by atoms with Crippen molar-refractivity contribution < 1.29 is 14.3 Å². The molecule has 28 heavy (non-hydrogen) atoms. The van der Waals surface area contributed by atoms with Gasteiger partial charge in [-0.1, -0.05) is 6.07 Å². The van der Waals surface area contributed by atoms with E-state index in [0.29, 0.717) is 31.6 Å². The monoisotopic (exact) mass is 386 g/mol. The number of likely N-dealkylation sites (N-methyl/N-ethyl adjacent to an activating group) is 2. The number of likely N-dealkylation sites (tertiary alicyclic amines) is 1. The van der Waals surface area contributed by atoms with E-state index in [2.05, 4.69) is 29.4 Å². The standard InChI is InChI=1S/C21H30N4O3/c1-23-8-6-16-17-11-15(28-3)5-4-14(17)10-18(23)21(16)24(2)20(27)13-25-9-7-22-19(26)12-25/h4-5,11,16,18,21H,6-10,12-13H2,1-3H3,(H,22,26)/t16-,18+,21+/m0/s1. The number of nitrogens with one attached hydrogen (secondary N) is 1. The molecule has 7 nitrogen and oxygen atoms in total. The lowest BCUT2D eigenvalue weighted by molar-refractivity contribution is -0.137. The van der Waals surface area contributed by atoms with E-state index < -0.39 is 0 Å². The number of ether oxygens (including phenoxy) is 1. The van der Waals surface area contributed by atoms with Crippen LogP contribution in [0.2, 0.25) is 0 Å². The molecule has 2 fully saturated rings. The molecule has 2 aliphatic heterocycles. The summed E-state index contributed by atoms with van der Waals surface area (Å²) in [5, 5.41) is 2.81. The molecular weight excluding hydrogens is 356 g/mol. The second-order valence-electron chi connectivity index (χ2n) is 8.27. The third kappa shape index (κ3) is 3.49. The molecular formula is C21H30N4O3. The van der Waals surface area contributed by atoms with Crippen molar-refractivity contribution in [1.29, 1.82) is 0 Å². The number of piperidine rings is 1. The van der Waals surface area contributed by atoms with E-state index in [1.54, 1.807) is 7.11 Å². The predicted molar refractivity (Wildman–Crippen MR) is 106 cm³/mol. The summed E-state index contributed by atoms with van der Waals surface area (Å²) in [6, 6.07) is 6.83. The number of nitrogens with zero attached hydrogens (tertiary/aromatic N) is 3. The number of methoxy groups -OCH3 is 1. The maximum Gasteiger partial charge on any atom is 0.236 e. The molecule has 2 saturated heterocycles. The zero-order valence-electron chi connectivity index (χ0n) is 17.0. The van der Waals surface area contributed by atoms with Gasteiger partial charge in [0.05, 0.1) is 26.2 Å². The van der Waals surface area contributed by atoms with Gasteiger partial charge in [-0.2, -0.15) is 0 Å². The first-order chi connectivity index (χ1) is 13.5. The maximum absolute atomic E-state index is 13.1. The molecule has 0 unspecified atom stereocenters. The van der Waals surface area contributed by atoms with Crippen LogP contribution in [0.5, 0.6) is 5.75 Å². The van der Waals surface area contributed by atoms with Crippen LogP contribution in [0, 0.1) is 0 Å². The molecule has 0 spiro atoms. The second-order valence-corrected chi connectivity index (χ2v) is 8.27. The topological polar surface area (TPSA) is 65.1 Å². The highest BCUT2D eigenvalue weighted by Gasteiger charge is 2.45. The van der Waals surface area contributed by atoms with Gasteiger partial charge in [0.15, 0.2) is 0 Å². The number of fused-ring (bicyclic) bond motifs is 4. The number of benzene rings is 1. The van der Waals surface area contributed by atoms with Crippen LogP contribution in [0.15, 0.2) is 18.2 Å². The first kappa shape index (κ1) is 19.2. The van der Waals surface area contributed by atoms with E-state index in [-0.39, 0.29) is 17.9 Å². The molecule has 1 aromatic carbocycles. The summed E-state index contributed by atoms with van der Waals surface area (Å²) in [6.07, 6.45) is 1.97. The molecule has 7 heteroatoms. The van der Waals surface area contributed by atoms with E-state index in [9.17, 15) is 9.59 Å². The van der Waals surface area contributed by atoms with Crippen molar-refractivity contribution >= 4 is 11.8 Å². The minimum absolute atomic E-state index is 0.00278. The van der Waals surface area contributed by atoms with Crippen molar-refractivity contribution in [2.45, 2.75) is 30.8 Å². The highest BCUT2D eigenvalue weighted by atomic mass is 16.5. The third-order valence-electron chi connectivity index (χ3n) is 6.66. The molecule has 2 amide bonds. The molecule has 2 heterocycles. The summed E-state index contributed by atoms with van der Waals surface area (Å²) in [7, 11) is 5.79. The van der Waals surface area contributed by atoms with Crippen molar-refractivity contribution in [2.24, 2.45) is 0 Å². The molecule has 0 aromatic heterocycles. The Morgan fingerprint density at radius 2 is 2.18 bits per heavy atom. The Hall–Kier alpha value is -2.12. The van der Waals surface area contributed by atoms with Gasteiger partial charge in [-0.15, -0.1) is 0 Å². The van der Waals surface area contributed by atoms with Crippen molar-refractivity contribution in [1.82, 2.24) is 20.0 Å². The summed E-state index contributed by atoms with van der Waals surface area (Å²) >= 11 is 0. The lowest BCUT2D eigenvalue weighted by Crippen LogP contribution is -2.61. The predicted octanol–water partition coefficient (Wildman–Crippen LogP) is 0.298. The summed E-state index contributed by atoms with van der Waals surface area (Å²) in [4.78, 5) is 31.0. The van der Waals surface area contributed by atoms with Crippen LogP contribution >= 0.6 is 0 Å². The second kappa shape index (κ2) is 7.72. The van der Waals surface area contributed by atoms with Crippen molar-refractivity contribution in [2.75, 3.05) is 53.9 Å². The lowest BCUT2D eigenvalue weighted by atomic mass is 9.71. The Balaban J connectivity index is 1.56. The minimum atomic E-state index is -0.00278. The third-order valence-corrected chi connectivity index (χ3v) is 6.66. The SMILES string of the molecule is COc1ccc2c(c1)[C@@H]1CCN(C)[C@H](C2)[C@@H]1N(C)C(=O)CN1CCNC(=O)C1. The number of rotatable bonds is 4. The largest absolute Gasteiger partial charge is 0.497 e. The fourth-order valence-electron chi connectivity index (χ4n) is 5.10. The summed E-state index contributed by atoms with van der Waals surface area (Å²) in [5.41, 5.74) is 2.69. The van der Waals surface area contributed by atoms with E-state index in [1.807, 2.05) is 22.9 Å². The van der Waals surface area contributed by atoms with Gasteiger partial charge in [0.2, 0.25) is 11.8 Å². The number of amides is 2. The summed E-state index contributed by atoms with van der Waals surface area (Å²) in [6.45, 7) is 2.98. The maximum atomic E-state index is 13.1. The van der Waals surface area contributed by atoms with Gasteiger partial charge in [0.25, 0.3) is 0 Å². The minimum Gasteiger partial charge on any atom is -0.497 e. The molecule has 1 aromatic rings. The van der Waals surface area contributed by atoms with E-state index in [4.69, 9.17) is 4.74 Å². The van der Waals surface area contributed by atoms with Gasteiger partial charge in [-0.25, -0.2) is 0 Å². The molecule has 0 radical (unpaired) electrons. The number of piperazine rings is 1. The van der Waals surface area contributed by atoms with Gasteiger partial charge in [0, 0.05) is 32.1 Å². The highest BCUT2D eigenvalue weighted by molar-refractivity contribution is 5.82. The van der Waals surface area contributed by atoms with Gasteiger partial charge < -0.3 is 19.9 Å². The van der Waals surface area contributed by atoms with Crippen LogP contribution < -0.4 is 10.1 Å². The van der Waals surface area contributed by atoms with Crippen LogP contribution in [0.4, 0.5) is 0 Å². The van der Waals surface area contributed by atoms with Crippen LogP contribution in [0.1, 0.15) is 23.5 Å². The Kier molecular flexibility index (Phi) is 5.29. The molecule has 3 aliphatic rings. The zero-order valence-corrected chi connectivity index (χ0v) is 17.0. The lowest BCUT2D eigenvalue weighted by Gasteiger charge is -2.51. The molecule has 1 aliphatic carbocycles. The van der Waals surface area contributed by atoms with Crippen molar-refractivity contribution in [3.8, 4) is 5.75 Å². The first-order valence-electron chi connectivity index (χ1n) is 10.1. The number of hydrogen-bond acceptors (Lipinski definition) is 5. The van der Waals surface area contributed by atoms with Crippen molar-refractivity contribution in [3.05, 3.63) is 29.3 Å². The number of hydrogen-bond donors (Lipinski definition) is 1. The molecule has 3 atom stereocenters. The fraction of sp³-hybridized carbons (Fsp3) is 0.619. The average Bonchev–Trinajstić information content (AvgIpc) is 2.69. The van der Waals surface area contributed by atoms with E-state index in [1.165, 1.54) is 11.1 Å². The van der Waals surface area contributed by atoms with Gasteiger partial charge in [-0.3, -0.25) is 14.5 Å². The van der Waals surface area contributed by atoms with Crippen LogP contribution in [-0.4, -0.2) is 92.5 Å². The summed E-state index contributed by atoms with van der Waals surface area (Å²) in [5.74, 6) is 1.29. The first-order valence-corrected chi connectivity index (χ1v) is 10.1. The highest BCUT2D eigenvalue weighted by Crippen LogP contribution is 2.43. The molecule has 1 N–H and O–H groups in total. The van der Waals surface area contributed by atoms with Gasteiger partial charge >= 0.3 is 0 Å². The Bertz CT molecular complexity index is 768. The Labute approximate surface area is 166 Å². The Morgan fingerprint density at radius 1 is 1.36 bits per heavy atom. The summed E-state index contributed by atoms with van der Waals surface area (Å²) < 4.78 is 5.46. The number of carbonyl (C=O) groups excluding carboxylic acids is 2. The normalized spacial score (nSPS) is 27.7. The fourth-order valence-corrected chi connectivity index (χ4v) is 5.10. The molecule has 0 saturated carbocycles. The van der Waals surface area contributed by atoms with Gasteiger partial charge in [-0.05, 0) is 49.7 Å². The van der Waals surface area contributed by atoms with E-state index >= 15 is 0 Å². The van der Waals surface area contributed by atoms with E-state index in [0.717, 1.165) is 31.7 Å². The smallest absolute Gasteiger partial charge is 0.236 e. The van der Waals surface area contributed by atoms with Crippen LogP contribution in [-0.2, 0) is 16.0 Å². The molecule has 2 bridgehead atoms. The van der Waals surface area contributed by atoms with Crippen LogP contribution in [0.3, 0.4) is 0 Å². The van der Waals surface area contributed by atoms with Gasteiger partial charge in [0.1, 0.15) is 5.75 Å². The quantitative estimate of drug-likeness (QED) is 0.806. The number of carbonyl (C=O) groups is 2. The average molecular weight is 386 g/mol. The van der Waals surface area contributed by atoms with Crippen LogP contribution in [0.25, 0.3) is 0 Å². The molecule has 4 rings (SSSR count). The van der Waals surface area contributed by atoms with Crippen molar-refractivity contribution in [3.63, 3.8) is 0 Å². The molecule has 152 valence electrons. The Morgan fingerprint density at radius 3 is 2.93 bits per heavy atom.